The van der Waals surface area contributed by atoms with Gasteiger partial charge >= 0.3 is 12.1 Å². The number of carboxylic acids is 1. The van der Waals surface area contributed by atoms with Crippen LogP contribution in [0.3, 0.4) is 0 Å². The third kappa shape index (κ3) is 8.16. The minimum absolute atomic E-state index is 0.0725. The number of aliphatic carboxylic acids is 1. The number of hydrogen-bond donors (Lipinski definition) is 3. The number of carbonyl (C=O) groups excluding carboxylic acids is 2. The van der Waals surface area contributed by atoms with Crippen LogP contribution in [0.4, 0.5) is 13.2 Å². The average Bonchev–Trinajstić information content (AvgIpc) is 4.04. The van der Waals surface area contributed by atoms with Crippen molar-refractivity contribution < 1.29 is 32.7 Å². The first-order chi connectivity index (χ1) is 27.0. The molecule has 3 aromatic rings. The predicted octanol–water partition coefficient (Wildman–Crippen LogP) is 9.52. The van der Waals surface area contributed by atoms with Crippen molar-refractivity contribution in [3.8, 4) is 0 Å². The molecule has 2 saturated heterocycles. The lowest BCUT2D eigenvalue weighted by molar-refractivity contribution is -0.192. The molecule has 2 amide bonds. The summed E-state index contributed by atoms with van der Waals surface area (Å²) < 4.78 is 31.7. The fourth-order valence-electron chi connectivity index (χ4n) is 11.0. The molecule has 4 atom stereocenters. The maximum absolute atomic E-state index is 13.4. The molecule has 9 rings (SSSR count). The van der Waals surface area contributed by atoms with Gasteiger partial charge in [0.15, 0.2) is 0 Å². The summed E-state index contributed by atoms with van der Waals surface area (Å²) in [6.07, 6.45) is 11.5. The fourth-order valence-corrected chi connectivity index (χ4v) is 11.8. The standard InChI is InChI=1S/C42H52N4O2S.C2HF3O2/c47-41(43-29-13-9-27(10-14-29)21-24-45-36-17-18-37(45)32-6-2-1-5-31(32)36)35-23-26-49-40(35)42(48)44-30-15-11-28(12-16-30)22-25-46-38-19-20-39(46)34-8-4-3-7-33(34)38;3-2(4,5)1(6)7/h1-8,23,26-30,36-39H,9-22,24-25H2,(H,43,47)(H,44,48);(H,6,7)/t27-,28-,29-,30-,36-,37+,38-,39+;. The van der Waals surface area contributed by atoms with E-state index < -0.39 is 12.1 Å². The van der Waals surface area contributed by atoms with E-state index in [-0.39, 0.29) is 23.9 Å². The number of nitrogens with one attached hydrogen (secondary N) is 2. The lowest BCUT2D eigenvalue weighted by atomic mass is 9.83. The quantitative estimate of drug-likeness (QED) is 0.189. The number of carboxylic acid groups (broad SMARTS) is 1. The van der Waals surface area contributed by atoms with Gasteiger partial charge in [-0.2, -0.15) is 13.2 Å². The van der Waals surface area contributed by atoms with Gasteiger partial charge in [0.2, 0.25) is 0 Å². The highest BCUT2D eigenvalue weighted by Crippen LogP contribution is 2.54. The van der Waals surface area contributed by atoms with Crippen LogP contribution in [0.5, 0.6) is 0 Å². The zero-order chi connectivity index (χ0) is 39.0. The van der Waals surface area contributed by atoms with Gasteiger partial charge < -0.3 is 15.7 Å². The Kier molecular flexibility index (Phi) is 11.6. The van der Waals surface area contributed by atoms with Gasteiger partial charge in [-0.05, 0) is 149 Å². The fraction of sp³-hybridized carbons (Fsp3) is 0.568. The highest BCUT2D eigenvalue weighted by Gasteiger charge is 2.44. The van der Waals surface area contributed by atoms with Crippen LogP contribution in [0, 0.1) is 11.8 Å². The van der Waals surface area contributed by atoms with Gasteiger partial charge in [-0.1, -0.05) is 48.5 Å². The Labute approximate surface area is 331 Å². The molecule has 6 aliphatic rings. The minimum atomic E-state index is -5.08. The van der Waals surface area contributed by atoms with Crippen LogP contribution in [0.25, 0.3) is 0 Å². The molecule has 3 N–H and O–H groups in total. The van der Waals surface area contributed by atoms with Crippen LogP contribution in [0.2, 0.25) is 0 Å². The van der Waals surface area contributed by atoms with Crippen LogP contribution in [0.15, 0.2) is 60.0 Å². The summed E-state index contributed by atoms with van der Waals surface area (Å²) in [4.78, 5) is 41.8. The maximum atomic E-state index is 13.4. The Morgan fingerprint density at radius 2 is 0.982 bits per heavy atom. The number of benzene rings is 2. The molecule has 4 aliphatic heterocycles. The zero-order valence-corrected chi connectivity index (χ0v) is 32.6. The Morgan fingerprint density at radius 1 is 0.607 bits per heavy atom. The third-order valence-corrected chi connectivity index (χ3v) is 14.7. The molecule has 0 unspecified atom stereocenters. The van der Waals surface area contributed by atoms with E-state index in [9.17, 15) is 22.8 Å². The van der Waals surface area contributed by atoms with Crippen molar-refractivity contribution >= 4 is 29.1 Å². The van der Waals surface area contributed by atoms with E-state index in [4.69, 9.17) is 9.90 Å². The number of carbonyl (C=O) groups is 3. The Morgan fingerprint density at radius 3 is 1.36 bits per heavy atom. The monoisotopic (exact) mass is 790 g/mol. The second-order valence-corrected chi connectivity index (χ2v) is 17.8. The highest BCUT2D eigenvalue weighted by molar-refractivity contribution is 7.12. The van der Waals surface area contributed by atoms with Gasteiger partial charge in [-0.25, -0.2) is 4.79 Å². The first-order valence-electron chi connectivity index (χ1n) is 20.7. The Balaban J connectivity index is 0.000000579. The smallest absolute Gasteiger partial charge is 0.475 e. The maximum Gasteiger partial charge on any atom is 0.490 e. The predicted molar refractivity (Wildman–Crippen MR) is 209 cm³/mol. The summed E-state index contributed by atoms with van der Waals surface area (Å²) in [5, 5.41) is 15.6. The number of halogens is 3. The molecule has 300 valence electrons. The van der Waals surface area contributed by atoms with Crippen molar-refractivity contribution in [2.24, 2.45) is 11.8 Å². The van der Waals surface area contributed by atoms with Crippen LogP contribution in [-0.4, -0.2) is 64.0 Å². The first kappa shape index (κ1) is 39.1. The number of rotatable bonds is 10. The van der Waals surface area contributed by atoms with Crippen LogP contribution < -0.4 is 10.6 Å². The van der Waals surface area contributed by atoms with E-state index in [1.807, 2.05) is 11.4 Å². The molecule has 4 fully saturated rings. The number of alkyl halides is 3. The molecule has 4 bridgehead atoms. The summed E-state index contributed by atoms with van der Waals surface area (Å²) in [5.74, 6) is -1.43. The van der Waals surface area contributed by atoms with Crippen LogP contribution in [-0.2, 0) is 4.79 Å². The summed E-state index contributed by atoms with van der Waals surface area (Å²) in [6, 6.07) is 22.9. The van der Waals surface area contributed by atoms with E-state index in [0.29, 0.717) is 34.6 Å². The topological polar surface area (TPSA) is 102 Å². The lowest BCUT2D eigenvalue weighted by Crippen LogP contribution is -2.40. The van der Waals surface area contributed by atoms with Crippen molar-refractivity contribution in [2.75, 3.05) is 13.1 Å². The minimum Gasteiger partial charge on any atom is -0.475 e. The lowest BCUT2D eigenvalue weighted by Gasteiger charge is -2.31. The Hall–Kier alpha value is -3.74. The molecular weight excluding hydrogens is 738 g/mol. The molecular formula is C44H53F3N4O4S. The number of nitrogens with zero attached hydrogens (tertiary/aromatic N) is 2. The van der Waals surface area contributed by atoms with Crippen molar-refractivity contribution in [1.82, 2.24) is 20.4 Å². The molecule has 0 spiro atoms. The van der Waals surface area contributed by atoms with Crippen molar-refractivity contribution in [2.45, 2.75) is 132 Å². The zero-order valence-electron chi connectivity index (χ0n) is 31.8. The van der Waals surface area contributed by atoms with Crippen LogP contribution >= 0.6 is 11.3 Å². The SMILES string of the molecule is O=C(N[C@H]1CC[C@H](CCN2[C@@H]3CC[C@H]2c2ccccc23)CC1)c1ccsc1C(=O)N[C@H]1CC[C@H](CCN2[C@@H]3CC[C@H]2c2ccccc23)CC1.O=C(O)C(F)(F)F. The van der Waals surface area contributed by atoms with Gasteiger partial charge in [-0.3, -0.25) is 19.4 Å². The van der Waals surface area contributed by atoms with Gasteiger partial charge in [0.1, 0.15) is 4.88 Å². The van der Waals surface area contributed by atoms with Crippen molar-refractivity contribution in [3.63, 3.8) is 0 Å². The van der Waals surface area contributed by atoms with E-state index in [0.717, 1.165) is 37.5 Å². The molecule has 0 radical (unpaired) electrons. The largest absolute Gasteiger partial charge is 0.490 e. The van der Waals surface area contributed by atoms with E-state index in [1.165, 1.54) is 88.6 Å². The summed E-state index contributed by atoms with van der Waals surface area (Å²) in [6.45, 7) is 2.38. The normalized spacial score (nSPS) is 29.3. The van der Waals surface area contributed by atoms with Gasteiger partial charge in [0.05, 0.1) is 5.56 Å². The Bertz CT molecular complexity index is 1700. The molecule has 8 nitrogen and oxygen atoms in total. The van der Waals surface area contributed by atoms with Gasteiger partial charge in [0, 0.05) is 36.3 Å². The molecule has 1 aromatic heterocycles. The average molecular weight is 791 g/mol. The second-order valence-electron chi connectivity index (χ2n) is 16.9. The third-order valence-electron chi connectivity index (χ3n) is 13.8. The summed E-state index contributed by atoms with van der Waals surface area (Å²) >= 11 is 1.40. The van der Waals surface area contributed by atoms with E-state index in [1.54, 1.807) is 22.3 Å². The molecule has 56 heavy (non-hydrogen) atoms. The van der Waals surface area contributed by atoms with Gasteiger partial charge in [0.25, 0.3) is 11.8 Å². The molecule has 12 heteroatoms. The molecule has 2 aromatic carbocycles. The van der Waals surface area contributed by atoms with Crippen LogP contribution in [0.1, 0.15) is 156 Å². The first-order valence-corrected chi connectivity index (χ1v) is 21.6. The molecule has 2 saturated carbocycles. The van der Waals surface area contributed by atoms with E-state index in [2.05, 4.69) is 69.0 Å². The number of amides is 2. The number of fused-ring (bicyclic) bond motifs is 10. The number of thiophene rings is 1. The van der Waals surface area contributed by atoms with Crippen molar-refractivity contribution in [3.05, 3.63) is 92.7 Å². The highest BCUT2D eigenvalue weighted by atomic mass is 32.1. The second kappa shape index (κ2) is 16.6. The molecule has 2 aliphatic carbocycles. The van der Waals surface area contributed by atoms with E-state index >= 15 is 0 Å². The van der Waals surface area contributed by atoms with Crippen molar-refractivity contribution in [1.29, 1.82) is 0 Å². The van der Waals surface area contributed by atoms with Gasteiger partial charge in [-0.15, -0.1) is 11.3 Å². The summed E-state index contributed by atoms with van der Waals surface area (Å²) in [7, 11) is 0. The summed E-state index contributed by atoms with van der Waals surface area (Å²) in [5.41, 5.74) is 6.83. The number of hydrogen-bond acceptors (Lipinski definition) is 6. The molecule has 5 heterocycles.